The summed E-state index contributed by atoms with van der Waals surface area (Å²) in [6.07, 6.45) is 5.75. The number of aldehydes is 1. The Labute approximate surface area is 171 Å². The fourth-order valence-corrected chi connectivity index (χ4v) is 4.10. The molecule has 1 aromatic carbocycles. The summed E-state index contributed by atoms with van der Waals surface area (Å²) in [6, 6.07) is 4.24. The van der Waals surface area contributed by atoms with Crippen LogP contribution in [-0.4, -0.2) is 47.6 Å². The molecule has 138 valence electrons. The normalized spacial score (nSPS) is 29.3. The Morgan fingerprint density at radius 2 is 2.04 bits per heavy atom. The lowest BCUT2D eigenvalue weighted by molar-refractivity contribution is -0.109. The first-order chi connectivity index (χ1) is 12.4. The maximum absolute atomic E-state index is 13.1. The third-order valence-corrected chi connectivity index (χ3v) is 6.33. The molecule has 2 aliphatic rings. The van der Waals surface area contributed by atoms with Gasteiger partial charge in [0.05, 0.1) is 27.0 Å². The number of allylic oxidation sites excluding steroid dienone is 2. The zero-order valence-corrected chi connectivity index (χ0v) is 16.6. The van der Waals surface area contributed by atoms with Crippen molar-refractivity contribution in [3.05, 3.63) is 57.1 Å². The summed E-state index contributed by atoms with van der Waals surface area (Å²) >= 11 is 25.2. The van der Waals surface area contributed by atoms with E-state index in [2.05, 4.69) is 5.32 Å². The summed E-state index contributed by atoms with van der Waals surface area (Å²) in [5.41, 5.74) is 0.448. The molecule has 0 saturated carbocycles. The molecule has 0 bridgehead atoms. The number of Topliss-reactive ketones (excluding diaryl/α,β-unsaturated/α-hetero) is 1. The molecule has 1 N–H and O–H groups in total. The first-order valence-corrected chi connectivity index (χ1v) is 9.56. The van der Waals surface area contributed by atoms with Crippen molar-refractivity contribution in [1.82, 2.24) is 10.2 Å². The first-order valence-electron chi connectivity index (χ1n) is 8.05. The largest absolute Gasteiger partial charge is 0.313 e. The number of nitrogens with zero attached hydrogens (tertiary/aromatic N) is 1. The molecule has 26 heavy (non-hydrogen) atoms. The molecule has 8 heteroatoms. The van der Waals surface area contributed by atoms with Gasteiger partial charge in [0, 0.05) is 25.2 Å². The quantitative estimate of drug-likeness (QED) is 0.257. The highest BCUT2D eigenvalue weighted by Crippen LogP contribution is 2.40. The Morgan fingerprint density at radius 1 is 1.27 bits per heavy atom. The molecule has 3 rings (SSSR count). The van der Waals surface area contributed by atoms with E-state index in [1.54, 1.807) is 36.4 Å². The van der Waals surface area contributed by atoms with Crippen LogP contribution >= 0.6 is 46.4 Å². The van der Waals surface area contributed by atoms with Gasteiger partial charge in [-0.3, -0.25) is 9.69 Å². The van der Waals surface area contributed by atoms with Gasteiger partial charge in [0.2, 0.25) is 0 Å². The van der Waals surface area contributed by atoms with Crippen LogP contribution in [0.1, 0.15) is 10.4 Å². The van der Waals surface area contributed by atoms with Crippen molar-refractivity contribution in [2.24, 2.45) is 5.92 Å². The fraction of sp³-hybridized carbons (Fsp3) is 0.333. The molecule has 1 aliphatic heterocycles. The van der Waals surface area contributed by atoms with E-state index in [0.29, 0.717) is 40.3 Å². The second kappa shape index (κ2) is 8.01. The van der Waals surface area contributed by atoms with Gasteiger partial charge in [-0.05, 0) is 24.3 Å². The van der Waals surface area contributed by atoms with Crippen LogP contribution in [0, 0.1) is 5.92 Å². The minimum Gasteiger partial charge on any atom is -0.313 e. The van der Waals surface area contributed by atoms with Crippen molar-refractivity contribution in [3.8, 4) is 0 Å². The van der Waals surface area contributed by atoms with Gasteiger partial charge >= 0.3 is 0 Å². The van der Waals surface area contributed by atoms with Crippen molar-refractivity contribution in [2.45, 2.75) is 11.0 Å². The third kappa shape index (κ3) is 3.72. The molecule has 4 nitrogen and oxygen atoms in total. The van der Waals surface area contributed by atoms with Gasteiger partial charge in [0.25, 0.3) is 0 Å². The van der Waals surface area contributed by atoms with Crippen molar-refractivity contribution in [1.29, 1.82) is 0 Å². The Kier molecular flexibility index (Phi) is 6.12. The standard InChI is InChI=1S/C18H16Cl4N2O2/c19-13-2-1-12(8-14(13)20)17(26)15-9-23-5-6-24(15)18(22)4-3-11(10-25)7-16(18)21/h1-4,7-8,10-11,15,23H,5-6,9H2. The smallest absolute Gasteiger partial charge is 0.181 e. The van der Waals surface area contributed by atoms with Crippen LogP contribution in [0.15, 0.2) is 41.5 Å². The van der Waals surface area contributed by atoms with Gasteiger partial charge in [-0.1, -0.05) is 58.6 Å². The number of alkyl halides is 1. The summed E-state index contributed by atoms with van der Waals surface area (Å²) in [5, 5.41) is 4.23. The van der Waals surface area contributed by atoms with E-state index in [1.807, 2.05) is 4.90 Å². The van der Waals surface area contributed by atoms with E-state index in [-0.39, 0.29) is 5.78 Å². The highest BCUT2D eigenvalue weighted by molar-refractivity contribution is 6.42. The molecular formula is C18H16Cl4N2O2. The van der Waals surface area contributed by atoms with Crippen LogP contribution in [-0.2, 0) is 4.79 Å². The molecule has 0 amide bonds. The van der Waals surface area contributed by atoms with Crippen LogP contribution in [0.25, 0.3) is 0 Å². The van der Waals surface area contributed by atoms with Crippen molar-refractivity contribution < 1.29 is 9.59 Å². The summed E-state index contributed by atoms with van der Waals surface area (Å²) in [6.45, 7) is 1.60. The minimum atomic E-state index is -1.17. The number of hydrogen-bond donors (Lipinski definition) is 1. The Balaban J connectivity index is 1.93. The van der Waals surface area contributed by atoms with Crippen LogP contribution < -0.4 is 5.32 Å². The number of nitrogens with one attached hydrogen (secondary N) is 1. The number of hydrogen-bond acceptors (Lipinski definition) is 4. The number of halogens is 4. The average Bonchev–Trinajstić information content (AvgIpc) is 2.65. The molecule has 1 aromatic rings. The van der Waals surface area contributed by atoms with Crippen molar-refractivity contribution in [2.75, 3.05) is 19.6 Å². The molecule has 1 fully saturated rings. The van der Waals surface area contributed by atoms with Gasteiger partial charge < -0.3 is 10.1 Å². The fourth-order valence-electron chi connectivity index (χ4n) is 3.15. The van der Waals surface area contributed by atoms with Gasteiger partial charge in [0.15, 0.2) is 10.8 Å². The monoisotopic (exact) mass is 432 g/mol. The molecular weight excluding hydrogens is 418 g/mol. The van der Waals surface area contributed by atoms with Gasteiger partial charge in [0.1, 0.15) is 6.29 Å². The maximum atomic E-state index is 13.1. The van der Waals surface area contributed by atoms with E-state index < -0.39 is 17.0 Å². The molecule has 1 heterocycles. The van der Waals surface area contributed by atoms with Crippen LogP contribution in [0.2, 0.25) is 10.0 Å². The number of piperazine rings is 1. The average molecular weight is 434 g/mol. The molecule has 0 spiro atoms. The highest BCUT2D eigenvalue weighted by Gasteiger charge is 2.44. The summed E-state index contributed by atoms with van der Waals surface area (Å²) < 4.78 is 0. The molecule has 0 aromatic heterocycles. The highest BCUT2D eigenvalue weighted by atomic mass is 35.5. The Hall–Kier alpha value is -0.880. The number of carbonyl (C=O) groups is 2. The van der Waals surface area contributed by atoms with Crippen molar-refractivity contribution in [3.63, 3.8) is 0 Å². The van der Waals surface area contributed by atoms with E-state index in [1.165, 1.54) is 0 Å². The lowest BCUT2D eigenvalue weighted by Gasteiger charge is -2.45. The van der Waals surface area contributed by atoms with E-state index in [0.717, 1.165) is 6.29 Å². The lowest BCUT2D eigenvalue weighted by Crippen LogP contribution is -2.61. The third-order valence-electron chi connectivity index (χ3n) is 4.54. The molecule has 1 aliphatic carbocycles. The van der Waals surface area contributed by atoms with Crippen LogP contribution in [0.3, 0.4) is 0 Å². The van der Waals surface area contributed by atoms with E-state index in [9.17, 15) is 9.59 Å². The van der Waals surface area contributed by atoms with Gasteiger partial charge in [-0.25, -0.2) is 0 Å². The Morgan fingerprint density at radius 3 is 2.69 bits per heavy atom. The second-order valence-electron chi connectivity index (χ2n) is 6.17. The van der Waals surface area contributed by atoms with Gasteiger partial charge in [-0.2, -0.15) is 0 Å². The zero-order chi connectivity index (χ0) is 18.9. The topological polar surface area (TPSA) is 49.4 Å². The predicted molar refractivity (Wildman–Crippen MR) is 105 cm³/mol. The van der Waals surface area contributed by atoms with Crippen LogP contribution in [0.4, 0.5) is 0 Å². The number of benzene rings is 1. The van der Waals surface area contributed by atoms with Crippen LogP contribution in [0.5, 0.6) is 0 Å². The molecule has 3 unspecified atom stereocenters. The SMILES string of the molecule is O=CC1C=CC(Cl)(N2CCNCC2C(=O)c2ccc(Cl)c(Cl)c2)C(Cl)=C1. The summed E-state index contributed by atoms with van der Waals surface area (Å²) in [4.78, 5) is 24.8. The van der Waals surface area contributed by atoms with Gasteiger partial charge in [-0.15, -0.1) is 0 Å². The zero-order valence-electron chi connectivity index (χ0n) is 13.6. The number of ketones is 1. The summed E-state index contributed by atoms with van der Waals surface area (Å²) in [7, 11) is 0. The lowest BCUT2D eigenvalue weighted by atomic mass is 9.95. The number of carbonyl (C=O) groups excluding carboxylic acids is 2. The Bertz CT molecular complexity index is 795. The molecule has 1 saturated heterocycles. The predicted octanol–water partition coefficient (Wildman–Crippen LogP) is 3.89. The minimum absolute atomic E-state index is 0.133. The molecule has 3 atom stereocenters. The van der Waals surface area contributed by atoms with E-state index in [4.69, 9.17) is 46.4 Å². The number of rotatable bonds is 4. The summed E-state index contributed by atoms with van der Waals surface area (Å²) in [5.74, 6) is -0.548. The van der Waals surface area contributed by atoms with Crippen molar-refractivity contribution >= 4 is 58.5 Å². The maximum Gasteiger partial charge on any atom is 0.181 e. The van der Waals surface area contributed by atoms with E-state index >= 15 is 0 Å². The second-order valence-corrected chi connectivity index (χ2v) is 7.96. The first kappa shape index (κ1) is 19.9. The molecule has 0 radical (unpaired) electrons.